The van der Waals surface area contributed by atoms with Crippen LogP contribution in [-0.4, -0.2) is 20.2 Å². The van der Waals surface area contributed by atoms with E-state index in [2.05, 4.69) is 17.5 Å². The maximum Gasteiger partial charge on any atom is 0.126 e. The number of nitrogens with one attached hydrogen (secondary N) is 1. The van der Waals surface area contributed by atoms with Gasteiger partial charge in [0.05, 0.1) is 7.11 Å². The zero-order chi connectivity index (χ0) is 9.10. The van der Waals surface area contributed by atoms with E-state index in [1.54, 1.807) is 7.11 Å². The fraction of sp³-hybridized carbons (Fsp3) is 0.273. The maximum absolute atomic E-state index is 5.29. The second-order valence-electron chi connectivity index (χ2n) is 3.06. The van der Waals surface area contributed by atoms with Gasteiger partial charge in [0.25, 0.3) is 0 Å². The highest BCUT2D eigenvalue weighted by molar-refractivity contribution is 5.73. The van der Waals surface area contributed by atoms with Crippen molar-refractivity contribution in [2.75, 3.05) is 20.2 Å². The van der Waals surface area contributed by atoms with Crippen molar-refractivity contribution in [2.24, 2.45) is 0 Å². The summed E-state index contributed by atoms with van der Waals surface area (Å²) in [6.07, 6.45) is 2.21. The summed E-state index contributed by atoms with van der Waals surface area (Å²) in [5.74, 6) is 0.956. The lowest BCUT2D eigenvalue weighted by Gasteiger charge is -2.08. The molecule has 0 amide bonds. The summed E-state index contributed by atoms with van der Waals surface area (Å²) in [6, 6.07) is 8.12. The number of benzene rings is 1. The Morgan fingerprint density at radius 2 is 2.15 bits per heavy atom. The van der Waals surface area contributed by atoms with Crippen LogP contribution in [0.1, 0.15) is 5.56 Å². The van der Waals surface area contributed by atoms with Crippen molar-refractivity contribution in [3.05, 3.63) is 35.9 Å². The largest absolute Gasteiger partial charge is 0.496 e. The highest BCUT2D eigenvalue weighted by Gasteiger charge is 2.10. The minimum atomic E-state index is 0.945. The summed E-state index contributed by atoms with van der Waals surface area (Å²) in [4.78, 5) is 0. The molecule has 2 nitrogen and oxygen atoms in total. The van der Waals surface area contributed by atoms with E-state index in [0.717, 1.165) is 18.8 Å². The van der Waals surface area contributed by atoms with Crippen LogP contribution in [0.4, 0.5) is 0 Å². The molecule has 0 aromatic heterocycles. The summed E-state index contributed by atoms with van der Waals surface area (Å²) in [5.41, 5.74) is 2.53. The Morgan fingerprint density at radius 3 is 2.85 bits per heavy atom. The van der Waals surface area contributed by atoms with Crippen molar-refractivity contribution in [3.8, 4) is 5.75 Å². The highest BCUT2D eigenvalue weighted by Crippen LogP contribution is 2.26. The second-order valence-corrected chi connectivity index (χ2v) is 3.06. The Labute approximate surface area is 78.2 Å². The van der Waals surface area contributed by atoms with Gasteiger partial charge >= 0.3 is 0 Å². The van der Waals surface area contributed by atoms with Crippen molar-refractivity contribution in [3.63, 3.8) is 0 Å². The highest BCUT2D eigenvalue weighted by atomic mass is 16.5. The van der Waals surface area contributed by atoms with E-state index in [4.69, 9.17) is 4.74 Å². The van der Waals surface area contributed by atoms with Gasteiger partial charge in [0, 0.05) is 18.7 Å². The Hall–Kier alpha value is -1.28. The number of para-hydroxylation sites is 1. The quantitative estimate of drug-likeness (QED) is 0.738. The Morgan fingerprint density at radius 1 is 1.31 bits per heavy atom. The predicted molar refractivity (Wildman–Crippen MR) is 53.8 cm³/mol. The number of rotatable bonds is 2. The van der Waals surface area contributed by atoms with Crippen molar-refractivity contribution in [1.82, 2.24) is 5.32 Å². The summed E-state index contributed by atoms with van der Waals surface area (Å²) >= 11 is 0. The zero-order valence-electron chi connectivity index (χ0n) is 7.71. The van der Waals surface area contributed by atoms with E-state index in [0.29, 0.717) is 0 Å². The van der Waals surface area contributed by atoms with E-state index in [9.17, 15) is 0 Å². The van der Waals surface area contributed by atoms with Crippen molar-refractivity contribution in [2.45, 2.75) is 0 Å². The maximum atomic E-state index is 5.29. The molecule has 1 aliphatic rings. The molecule has 1 aromatic rings. The summed E-state index contributed by atoms with van der Waals surface area (Å²) in [6.45, 7) is 1.91. The van der Waals surface area contributed by atoms with Crippen LogP contribution in [0.15, 0.2) is 30.3 Å². The van der Waals surface area contributed by atoms with Gasteiger partial charge in [0.2, 0.25) is 0 Å². The molecule has 2 heteroatoms. The molecule has 0 radical (unpaired) electrons. The van der Waals surface area contributed by atoms with Crippen LogP contribution >= 0.6 is 0 Å². The first-order valence-corrected chi connectivity index (χ1v) is 4.45. The number of hydrogen-bond donors (Lipinski definition) is 1. The van der Waals surface area contributed by atoms with Gasteiger partial charge in [-0.3, -0.25) is 0 Å². The van der Waals surface area contributed by atoms with Crippen LogP contribution in [0.5, 0.6) is 5.75 Å². The van der Waals surface area contributed by atoms with E-state index in [-0.39, 0.29) is 0 Å². The molecular weight excluding hydrogens is 162 g/mol. The molecule has 0 spiro atoms. The molecule has 0 saturated carbocycles. The molecule has 0 bridgehead atoms. The molecule has 2 rings (SSSR count). The Kier molecular flexibility index (Phi) is 2.32. The summed E-state index contributed by atoms with van der Waals surface area (Å²) < 4.78 is 5.29. The second kappa shape index (κ2) is 3.62. The van der Waals surface area contributed by atoms with Gasteiger partial charge < -0.3 is 10.1 Å². The lowest BCUT2D eigenvalue weighted by atomic mass is 10.1. The molecule has 0 atom stereocenters. The fourth-order valence-electron chi connectivity index (χ4n) is 1.59. The van der Waals surface area contributed by atoms with Gasteiger partial charge in [-0.1, -0.05) is 24.3 Å². The lowest BCUT2D eigenvalue weighted by Crippen LogP contribution is -2.07. The van der Waals surface area contributed by atoms with Gasteiger partial charge in [-0.2, -0.15) is 0 Å². The van der Waals surface area contributed by atoms with Crippen molar-refractivity contribution < 1.29 is 4.74 Å². The molecule has 13 heavy (non-hydrogen) atoms. The van der Waals surface area contributed by atoms with Gasteiger partial charge in [-0.25, -0.2) is 0 Å². The number of methoxy groups -OCH3 is 1. The molecule has 0 saturated heterocycles. The average molecular weight is 175 g/mol. The van der Waals surface area contributed by atoms with Crippen LogP contribution in [-0.2, 0) is 0 Å². The molecule has 0 aliphatic carbocycles. The van der Waals surface area contributed by atoms with Gasteiger partial charge in [0.1, 0.15) is 5.75 Å². The fourth-order valence-corrected chi connectivity index (χ4v) is 1.59. The van der Waals surface area contributed by atoms with Gasteiger partial charge in [-0.05, 0) is 11.6 Å². The van der Waals surface area contributed by atoms with Crippen LogP contribution in [0.2, 0.25) is 0 Å². The third-order valence-corrected chi connectivity index (χ3v) is 2.26. The standard InChI is InChI=1S/C11H13NO/c1-13-11-5-3-2-4-10(11)9-6-7-12-8-9/h2-6,12H,7-8H2,1H3. The van der Waals surface area contributed by atoms with Crippen LogP contribution < -0.4 is 10.1 Å². The summed E-state index contributed by atoms with van der Waals surface area (Å²) in [7, 11) is 1.71. The smallest absolute Gasteiger partial charge is 0.126 e. The minimum Gasteiger partial charge on any atom is -0.496 e. The molecular formula is C11H13NO. The van der Waals surface area contributed by atoms with E-state index < -0.39 is 0 Å². The lowest BCUT2D eigenvalue weighted by molar-refractivity contribution is 0.413. The van der Waals surface area contributed by atoms with Crippen LogP contribution in [0.25, 0.3) is 5.57 Å². The average Bonchev–Trinajstić information content (AvgIpc) is 2.70. The summed E-state index contributed by atoms with van der Waals surface area (Å²) in [5, 5.41) is 3.27. The Balaban J connectivity index is 2.38. The van der Waals surface area contributed by atoms with Crippen molar-refractivity contribution in [1.29, 1.82) is 0 Å². The molecule has 1 N–H and O–H groups in total. The Bertz CT molecular complexity index is 331. The monoisotopic (exact) mass is 175 g/mol. The van der Waals surface area contributed by atoms with Crippen LogP contribution in [0.3, 0.4) is 0 Å². The first-order chi connectivity index (χ1) is 6.42. The van der Waals surface area contributed by atoms with E-state index in [1.165, 1.54) is 11.1 Å². The topological polar surface area (TPSA) is 21.3 Å². The van der Waals surface area contributed by atoms with Crippen LogP contribution in [0, 0.1) is 0 Å². The molecule has 0 fully saturated rings. The first kappa shape index (κ1) is 8.32. The van der Waals surface area contributed by atoms with Gasteiger partial charge in [-0.15, -0.1) is 0 Å². The third-order valence-electron chi connectivity index (χ3n) is 2.26. The zero-order valence-corrected chi connectivity index (χ0v) is 7.71. The molecule has 0 unspecified atom stereocenters. The number of ether oxygens (including phenoxy) is 1. The van der Waals surface area contributed by atoms with Gasteiger partial charge in [0.15, 0.2) is 0 Å². The van der Waals surface area contributed by atoms with E-state index >= 15 is 0 Å². The SMILES string of the molecule is COc1ccccc1C1=CCNC1. The first-order valence-electron chi connectivity index (χ1n) is 4.45. The molecule has 1 heterocycles. The predicted octanol–water partition coefficient (Wildman–Crippen LogP) is 1.68. The molecule has 1 aliphatic heterocycles. The number of hydrogen-bond acceptors (Lipinski definition) is 2. The molecule has 1 aromatic carbocycles. The van der Waals surface area contributed by atoms with Crippen molar-refractivity contribution >= 4 is 5.57 Å². The molecule has 68 valence electrons. The van der Waals surface area contributed by atoms with E-state index in [1.807, 2.05) is 18.2 Å². The minimum absolute atomic E-state index is 0.945. The third kappa shape index (κ3) is 1.58. The normalized spacial score (nSPS) is 15.6.